The van der Waals surface area contributed by atoms with Gasteiger partial charge in [0, 0.05) is 10.6 Å². The van der Waals surface area contributed by atoms with Crippen molar-refractivity contribution in [1.29, 1.82) is 0 Å². The van der Waals surface area contributed by atoms with Crippen LogP contribution in [0.25, 0.3) is 0 Å². The maximum Gasteiger partial charge on any atom is 0.277 e. The molecule has 0 saturated carbocycles. The Balaban J connectivity index is 1.90. The number of ether oxygens (including phenoxy) is 2. The monoisotopic (exact) mass is 346 g/mol. The number of nitrogens with one attached hydrogen (secondary N) is 1. The summed E-state index contributed by atoms with van der Waals surface area (Å²) in [6, 6.07) is 10.9. The Morgan fingerprint density at radius 1 is 1.21 bits per heavy atom. The third-order valence-corrected chi connectivity index (χ3v) is 3.51. The molecule has 0 atom stereocenters. The lowest BCUT2D eigenvalue weighted by atomic mass is 10.1. The minimum Gasteiger partial charge on any atom is -0.496 e. The van der Waals surface area contributed by atoms with Crippen LogP contribution in [0.5, 0.6) is 11.5 Å². The number of hydrogen-bond donors (Lipinski definition) is 1. The van der Waals surface area contributed by atoms with Gasteiger partial charge in [-0.3, -0.25) is 4.79 Å². The fourth-order valence-corrected chi connectivity index (χ4v) is 2.30. The predicted molar refractivity (Wildman–Crippen MR) is 95.2 cm³/mol. The maximum atomic E-state index is 11.8. The van der Waals surface area contributed by atoms with Gasteiger partial charge >= 0.3 is 0 Å². The molecular formula is C18H19ClN2O3. The highest BCUT2D eigenvalue weighted by Crippen LogP contribution is 2.21. The van der Waals surface area contributed by atoms with Crippen LogP contribution in [0.3, 0.4) is 0 Å². The second-order valence-electron chi connectivity index (χ2n) is 5.24. The summed E-state index contributed by atoms with van der Waals surface area (Å²) < 4.78 is 10.7. The molecule has 0 aromatic heterocycles. The molecule has 2 aromatic rings. The number of nitrogens with zero attached hydrogens (tertiary/aromatic N) is 1. The van der Waals surface area contributed by atoms with Crippen molar-refractivity contribution >= 4 is 23.7 Å². The molecule has 2 rings (SSSR count). The number of halogens is 1. The molecule has 2 aromatic carbocycles. The molecule has 1 amide bonds. The highest BCUT2D eigenvalue weighted by Gasteiger charge is 2.05. The Morgan fingerprint density at radius 2 is 1.96 bits per heavy atom. The first kappa shape index (κ1) is 17.8. The summed E-state index contributed by atoms with van der Waals surface area (Å²) in [5, 5.41) is 4.45. The van der Waals surface area contributed by atoms with Crippen LogP contribution in [-0.2, 0) is 4.79 Å². The fraction of sp³-hybridized carbons (Fsp3) is 0.222. The van der Waals surface area contributed by atoms with Crippen molar-refractivity contribution in [1.82, 2.24) is 5.43 Å². The number of amides is 1. The van der Waals surface area contributed by atoms with Gasteiger partial charge < -0.3 is 9.47 Å². The lowest BCUT2D eigenvalue weighted by Crippen LogP contribution is -2.24. The average molecular weight is 347 g/mol. The first-order valence-electron chi connectivity index (χ1n) is 7.35. The van der Waals surface area contributed by atoms with Gasteiger partial charge in [0.05, 0.1) is 13.3 Å². The van der Waals surface area contributed by atoms with E-state index in [1.165, 1.54) is 6.21 Å². The second kappa shape index (κ2) is 8.36. The lowest BCUT2D eigenvalue weighted by Gasteiger charge is -2.08. The Morgan fingerprint density at radius 3 is 2.67 bits per heavy atom. The molecule has 0 fully saturated rings. The first-order valence-corrected chi connectivity index (χ1v) is 7.73. The van der Waals surface area contributed by atoms with Gasteiger partial charge in [-0.25, -0.2) is 5.43 Å². The van der Waals surface area contributed by atoms with Crippen molar-refractivity contribution in [2.45, 2.75) is 13.8 Å². The van der Waals surface area contributed by atoms with Crippen LogP contribution in [-0.4, -0.2) is 25.8 Å². The van der Waals surface area contributed by atoms with Crippen LogP contribution in [0.1, 0.15) is 16.7 Å². The van der Waals surface area contributed by atoms with Gasteiger partial charge in [-0.1, -0.05) is 29.3 Å². The number of benzene rings is 2. The smallest absolute Gasteiger partial charge is 0.277 e. The van der Waals surface area contributed by atoms with E-state index in [0.717, 1.165) is 11.1 Å². The summed E-state index contributed by atoms with van der Waals surface area (Å²) >= 11 is 5.93. The van der Waals surface area contributed by atoms with Crippen molar-refractivity contribution in [3.8, 4) is 11.5 Å². The van der Waals surface area contributed by atoms with Crippen molar-refractivity contribution in [3.05, 3.63) is 58.1 Å². The Hall–Kier alpha value is -2.53. The molecule has 126 valence electrons. The SMILES string of the molecule is COc1ccc(Cl)cc1/C=N/NC(=O)COc1ccc(C)cc1C. The van der Waals surface area contributed by atoms with Crippen LogP contribution in [0, 0.1) is 13.8 Å². The highest BCUT2D eigenvalue weighted by atomic mass is 35.5. The lowest BCUT2D eigenvalue weighted by molar-refractivity contribution is -0.123. The zero-order chi connectivity index (χ0) is 17.5. The molecule has 0 unspecified atom stereocenters. The minimum atomic E-state index is -0.354. The molecule has 24 heavy (non-hydrogen) atoms. The average Bonchev–Trinajstić information content (AvgIpc) is 2.54. The Labute approximate surface area is 146 Å². The molecule has 0 saturated heterocycles. The fourth-order valence-electron chi connectivity index (χ4n) is 2.12. The normalized spacial score (nSPS) is 10.7. The van der Waals surface area contributed by atoms with E-state index in [9.17, 15) is 4.79 Å². The van der Waals surface area contributed by atoms with E-state index < -0.39 is 0 Å². The third kappa shape index (κ3) is 4.99. The van der Waals surface area contributed by atoms with Crippen LogP contribution in [0.4, 0.5) is 0 Å². The van der Waals surface area contributed by atoms with Crippen molar-refractivity contribution in [3.63, 3.8) is 0 Å². The topological polar surface area (TPSA) is 59.9 Å². The molecule has 0 spiro atoms. The van der Waals surface area contributed by atoms with Gasteiger partial charge in [-0.2, -0.15) is 5.10 Å². The van der Waals surface area contributed by atoms with Crippen molar-refractivity contribution in [2.24, 2.45) is 5.10 Å². The number of methoxy groups -OCH3 is 1. The molecule has 6 heteroatoms. The number of rotatable bonds is 6. The van der Waals surface area contributed by atoms with Crippen molar-refractivity contribution < 1.29 is 14.3 Å². The predicted octanol–water partition coefficient (Wildman–Crippen LogP) is 3.49. The summed E-state index contributed by atoms with van der Waals surface area (Å²) in [7, 11) is 1.55. The summed E-state index contributed by atoms with van der Waals surface area (Å²) in [5.41, 5.74) is 5.20. The quantitative estimate of drug-likeness (QED) is 0.643. The van der Waals surface area contributed by atoms with Crippen LogP contribution >= 0.6 is 11.6 Å². The van der Waals surface area contributed by atoms with E-state index in [-0.39, 0.29) is 12.5 Å². The Bertz CT molecular complexity index is 760. The summed E-state index contributed by atoms with van der Waals surface area (Å²) in [4.78, 5) is 11.8. The van der Waals surface area contributed by atoms with Gasteiger partial charge in [0.2, 0.25) is 0 Å². The Kier molecular flexibility index (Phi) is 6.21. The van der Waals surface area contributed by atoms with Crippen LogP contribution in [0.2, 0.25) is 5.02 Å². The number of carbonyl (C=O) groups excluding carboxylic acids is 1. The van der Waals surface area contributed by atoms with E-state index in [0.29, 0.717) is 22.1 Å². The minimum absolute atomic E-state index is 0.117. The maximum absolute atomic E-state index is 11.8. The van der Waals surface area contributed by atoms with Gasteiger partial charge in [0.1, 0.15) is 11.5 Å². The zero-order valence-electron chi connectivity index (χ0n) is 13.8. The van der Waals surface area contributed by atoms with E-state index >= 15 is 0 Å². The first-order chi connectivity index (χ1) is 11.5. The largest absolute Gasteiger partial charge is 0.496 e. The van der Waals surface area contributed by atoms with E-state index in [1.54, 1.807) is 25.3 Å². The molecule has 5 nitrogen and oxygen atoms in total. The molecule has 1 N–H and O–H groups in total. The summed E-state index contributed by atoms with van der Waals surface area (Å²) in [5.74, 6) is 0.937. The van der Waals surface area contributed by atoms with Gasteiger partial charge in [-0.05, 0) is 43.7 Å². The number of hydrazone groups is 1. The molecule has 0 aliphatic carbocycles. The molecule has 0 radical (unpaired) electrons. The zero-order valence-corrected chi connectivity index (χ0v) is 14.6. The molecule has 0 heterocycles. The number of carbonyl (C=O) groups is 1. The number of aryl methyl sites for hydroxylation is 2. The van der Waals surface area contributed by atoms with Gasteiger partial charge in [0.15, 0.2) is 6.61 Å². The molecule has 0 aliphatic heterocycles. The number of hydrogen-bond acceptors (Lipinski definition) is 4. The summed E-state index contributed by atoms with van der Waals surface area (Å²) in [6.45, 7) is 3.82. The molecular weight excluding hydrogens is 328 g/mol. The van der Waals surface area contributed by atoms with E-state index in [2.05, 4.69) is 10.5 Å². The highest BCUT2D eigenvalue weighted by molar-refractivity contribution is 6.30. The molecule has 0 aliphatic rings. The molecule has 0 bridgehead atoms. The van der Waals surface area contributed by atoms with Gasteiger partial charge in [-0.15, -0.1) is 0 Å². The van der Waals surface area contributed by atoms with Gasteiger partial charge in [0.25, 0.3) is 5.91 Å². The van der Waals surface area contributed by atoms with E-state index in [4.69, 9.17) is 21.1 Å². The standard InChI is InChI=1S/C18H19ClN2O3/c1-12-4-6-16(13(2)8-12)24-11-18(22)21-20-10-14-9-15(19)5-7-17(14)23-3/h4-10H,11H2,1-3H3,(H,21,22)/b20-10+. The summed E-state index contributed by atoms with van der Waals surface area (Å²) in [6.07, 6.45) is 1.47. The van der Waals surface area contributed by atoms with Crippen LogP contribution < -0.4 is 14.9 Å². The second-order valence-corrected chi connectivity index (χ2v) is 5.67. The van der Waals surface area contributed by atoms with Crippen molar-refractivity contribution in [2.75, 3.05) is 13.7 Å². The van der Waals surface area contributed by atoms with E-state index in [1.807, 2.05) is 32.0 Å². The van der Waals surface area contributed by atoms with Crippen LogP contribution in [0.15, 0.2) is 41.5 Å². The third-order valence-electron chi connectivity index (χ3n) is 3.27.